The Balaban J connectivity index is 2.23. The zero-order valence-electron chi connectivity index (χ0n) is 14.8. The van der Waals surface area contributed by atoms with E-state index >= 15 is 0 Å². The number of benzene rings is 1. The first-order valence-corrected chi connectivity index (χ1v) is 9.78. The predicted octanol–water partition coefficient (Wildman–Crippen LogP) is 0.439. The molecule has 1 amide bonds. The smallest absolute Gasteiger partial charge is 0.239 e. The molecule has 8 heteroatoms. The summed E-state index contributed by atoms with van der Waals surface area (Å²) >= 11 is 0. The third-order valence-electron chi connectivity index (χ3n) is 4.70. The molecular weight excluding hydrogens is 356 g/mol. The minimum absolute atomic E-state index is 0.0506. The molecule has 1 aliphatic heterocycles. The number of hydrogen-bond acceptors (Lipinski definition) is 6. The maximum absolute atomic E-state index is 13.2. The van der Waals surface area contributed by atoms with Crippen molar-refractivity contribution in [3.8, 4) is 18.1 Å². The Morgan fingerprint density at radius 1 is 1.31 bits per heavy atom. The first kappa shape index (κ1) is 20.2. The molecule has 2 N–H and O–H groups in total. The number of rotatable bonds is 8. The highest BCUT2D eigenvalue weighted by Crippen LogP contribution is 2.36. The summed E-state index contributed by atoms with van der Waals surface area (Å²) < 4.78 is 35.1. The summed E-state index contributed by atoms with van der Waals surface area (Å²) in [5.74, 6) is 1.99. The number of carbonyl (C=O) groups is 1. The molecule has 0 saturated carbocycles. The standard InChI is InChI=1S/C18H24N2O5S/c1-3-13-25-15-4-6-16(7-5-15)26(22,23)18(17(19)21)8-10-20(11-9-18)12-14-24-2/h1,4-7H,8-14H2,2H3,(H2,19,21). The minimum atomic E-state index is -3.93. The van der Waals surface area contributed by atoms with Crippen molar-refractivity contribution in [3.05, 3.63) is 24.3 Å². The van der Waals surface area contributed by atoms with Gasteiger partial charge in [-0.25, -0.2) is 8.42 Å². The molecule has 0 aromatic heterocycles. The number of likely N-dealkylation sites (tertiary alicyclic amines) is 1. The van der Waals surface area contributed by atoms with E-state index in [1.54, 1.807) is 7.11 Å². The van der Waals surface area contributed by atoms with E-state index in [1.165, 1.54) is 24.3 Å². The molecule has 1 aliphatic rings. The molecule has 0 unspecified atom stereocenters. The van der Waals surface area contributed by atoms with Crippen LogP contribution >= 0.6 is 0 Å². The molecule has 0 spiro atoms. The van der Waals surface area contributed by atoms with Crippen LogP contribution in [0.4, 0.5) is 0 Å². The number of hydrogen-bond donors (Lipinski definition) is 1. The largest absolute Gasteiger partial charge is 0.481 e. The molecule has 26 heavy (non-hydrogen) atoms. The summed E-state index contributed by atoms with van der Waals surface area (Å²) in [7, 11) is -2.32. The van der Waals surface area contributed by atoms with Crippen molar-refractivity contribution in [1.29, 1.82) is 0 Å². The van der Waals surface area contributed by atoms with Crippen molar-refractivity contribution in [3.63, 3.8) is 0 Å². The van der Waals surface area contributed by atoms with E-state index < -0.39 is 20.5 Å². The highest BCUT2D eigenvalue weighted by Gasteiger charge is 2.51. The van der Waals surface area contributed by atoms with Crippen LogP contribution in [0.25, 0.3) is 0 Å². The molecule has 142 valence electrons. The number of terminal acetylenes is 1. The van der Waals surface area contributed by atoms with E-state index in [4.69, 9.17) is 21.6 Å². The first-order valence-electron chi connectivity index (χ1n) is 8.29. The topological polar surface area (TPSA) is 98.9 Å². The van der Waals surface area contributed by atoms with E-state index in [9.17, 15) is 13.2 Å². The van der Waals surface area contributed by atoms with Crippen LogP contribution in [0.3, 0.4) is 0 Å². The molecule has 0 radical (unpaired) electrons. The Morgan fingerprint density at radius 2 is 1.92 bits per heavy atom. The SMILES string of the molecule is C#CCOc1ccc(S(=O)(=O)C2(C(N)=O)CCN(CCOC)CC2)cc1. The molecular formula is C18H24N2O5S. The van der Waals surface area contributed by atoms with Gasteiger partial charge in [-0.05, 0) is 37.1 Å². The highest BCUT2D eigenvalue weighted by atomic mass is 32.2. The van der Waals surface area contributed by atoms with Crippen molar-refractivity contribution >= 4 is 15.7 Å². The molecule has 0 aliphatic carbocycles. The van der Waals surface area contributed by atoms with E-state index in [1.807, 2.05) is 0 Å². The number of nitrogens with zero attached hydrogens (tertiary/aromatic N) is 1. The second kappa shape index (κ2) is 8.54. The lowest BCUT2D eigenvalue weighted by molar-refractivity contribution is -0.121. The van der Waals surface area contributed by atoms with Gasteiger partial charge in [-0.15, -0.1) is 6.42 Å². The third kappa shape index (κ3) is 4.01. The van der Waals surface area contributed by atoms with Gasteiger partial charge in [0.25, 0.3) is 0 Å². The Morgan fingerprint density at radius 3 is 2.42 bits per heavy atom. The summed E-state index contributed by atoms with van der Waals surface area (Å²) in [5, 5.41) is 0. The molecule has 0 atom stereocenters. The van der Waals surface area contributed by atoms with Gasteiger partial charge >= 0.3 is 0 Å². The van der Waals surface area contributed by atoms with Crippen molar-refractivity contribution in [2.75, 3.05) is 40.0 Å². The van der Waals surface area contributed by atoms with Crippen LogP contribution in [0.5, 0.6) is 5.75 Å². The van der Waals surface area contributed by atoms with E-state index in [0.717, 1.165) is 0 Å². The summed E-state index contributed by atoms with van der Waals surface area (Å²) in [6.07, 6.45) is 5.44. The van der Waals surface area contributed by atoms with Gasteiger partial charge in [-0.3, -0.25) is 4.79 Å². The van der Waals surface area contributed by atoms with E-state index in [0.29, 0.717) is 32.0 Å². The number of methoxy groups -OCH3 is 1. The monoisotopic (exact) mass is 380 g/mol. The average molecular weight is 380 g/mol. The molecule has 1 aromatic rings. The van der Waals surface area contributed by atoms with Crippen LogP contribution in [0.15, 0.2) is 29.2 Å². The number of carbonyl (C=O) groups excluding carboxylic acids is 1. The van der Waals surface area contributed by atoms with Crippen LogP contribution in [-0.2, 0) is 19.4 Å². The fraction of sp³-hybridized carbons (Fsp3) is 0.500. The van der Waals surface area contributed by atoms with Gasteiger partial charge in [0.1, 0.15) is 12.4 Å². The van der Waals surface area contributed by atoms with Gasteiger partial charge in [0, 0.05) is 26.7 Å². The van der Waals surface area contributed by atoms with Gasteiger partial charge in [-0.2, -0.15) is 0 Å². The molecule has 2 rings (SSSR count). The number of nitrogens with two attached hydrogens (primary N) is 1. The average Bonchev–Trinajstić information content (AvgIpc) is 2.65. The minimum Gasteiger partial charge on any atom is -0.481 e. The summed E-state index contributed by atoms with van der Waals surface area (Å²) in [5.41, 5.74) is 5.56. The Bertz CT molecular complexity index is 760. The van der Waals surface area contributed by atoms with Crippen LogP contribution in [0.2, 0.25) is 0 Å². The molecule has 7 nitrogen and oxygen atoms in total. The Kier molecular flexibility index (Phi) is 6.64. The maximum Gasteiger partial charge on any atom is 0.239 e. The summed E-state index contributed by atoms with van der Waals surface area (Å²) in [6, 6.07) is 5.88. The molecule has 1 aromatic carbocycles. The lowest BCUT2D eigenvalue weighted by Gasteiger charge is -2.38. The van der Waals surface area contributed by atoms with Crippen LogP contribution in [-0.4, -0.2) is 63.9 Å². The molecule has 1 heterocycles. The lowest BCUT2D eigenvalue weighted by Crippen LogP contribution is -2.57. The van der Waals surface area contributed by atoms with Crippen LogP contribution in [0, 0.1) is 12.3 Å². The number of ether oxygens (including phenoxy) is 2. The van der Waals surface area contributed by atoms with Gasteiger partial charge in [0.2, 0.25) is 5.91 Å². The number of sulfone groups is 1. The van der Waals surface area contributed by atoms with E-state index in [2.05, 4.69) is 10.8 Å². The molecule has 1 fully saturated rings. The van der Waals surface area contributed by atoms with Gasteiger partial charge in [-0.1, -0.05) is 5.92 Å². The number of amides is 1. The fourth-order valence-electron chi connectivity index (χ4n) is 3.07. The lowest BCUT2D eigenvalue weighted by atomic mass is 9.95. The van der Waals surface area contributed by atoms with Gasteiger partial charge < -0.3 is 20.1 Å². The number of primary amides is 1. The second-order valence-corrected chi connectivity index (χ2v) is 8.42. The normalized spacial score (nSPS) is 17.4. The van der Waals surface area contributed by atoms with E-state index in [-0.39, 0.29) is 24.3 Å². The van der Waals surface area contributed by atoms with Crippen LogP contribution in [0.1, 0.15) is 12.8 Å². The van der Waals surface area contributed by atoms with Crippen molar-refractivity contribution in [1.82, 2.24) is 4.90 Å². The summed E-state index contributed by atoms with van der Waals surface area (Å²) in [6.45, 7) is 2.26. The number of piperidine rings is 1. The zero-order valence-corrected chi connectivity index (χ0v) is 15.6. The fourth-order valence-corrected chi connectivity index (χ4v) is 5.00. The highest BCUT2D eigenvalue weighted by molar-refractivity contribution is 7.93. The molecule has 1 saturated heterocycles. The van der Waals surface area contributed by atoms with Crippen LogP contribution < -0.4 is 10.5 Å². The quantitative estimate of drug-likeness (QED) is 0.657. The third-order valence-corrected chi connectivity index (χ3v) is 7.23. The summed E-state index contributed by atoms with van der Waals surface area (Å²) in [4.78, 5) is 14.3. The zero-order chi connectivity index (χ0) is 19.2. The Labute approximate surface area is 154 Å². The van der Waals surface area contributed by atoms with Gasteiger partial charge in [0.15, 0.2) is 14.6 Å². The second-order valence-electron chi connectivity index (χ2n) is 6.16. The maximum atomic E-state index is 13.2. The first-order chi connectivity index (χ1) is 12.4. The van der Waals surface area contributed by atoms with Crippen molar-refractivity contribution in [2.45, 2.75) is 22.5 Å². The van der Waals surface area contributed by atoms with Crippen molar-refractivity contribution in [2.24, 2.45) is 5.73 Å². The van der Waals surface area contributed by atoms with Crippen molar-refractivity contribution < 1.29 is 22.7 Å². The van der Waals surface area contributed by atoms with Gasteiger partial charge in [0.05, 0.1) is 11.5 Å². The predicted molar refractivity (Wildman–Crippen MR) is 97.4 cm³/mol. The Hall–Kier alpha value is -2.08. The molecule has 0 bridgehead atoms.